The smallest absolute Gasteiger partial charge is 0.279 e. The van der Waals surface area contributed by atoms with E-state index in [0.29, 0.717) is 29.7 Å². The van der Waals surface area contributed by atoms with Gasteiger partial charge in [-0.05, 0) is 61.7 Å². The van der Waals surface area contributed by atoms with Gasteiger partial charge in [0.1, 0.15) is 6.10 Å². The summed E-state index contributed by atoms with van der Waals surface area (Å²) in [6.07, 6.45) is 0.873. The van der Waals surface area contributed by atoms with E-state index < -0.39 is 35.7 Å². The first-order chi connectivity index (χ1) is 18.2. The zero-order chi connectivity index (χ0) is 27.7. The SMILES string of the molecule is CNC(=O)C(C)(C(=O)NOC1CCCCO1)N(C)C(=O)c1ccc(C#Cc2ccc([C@H](O)CO)cc2)cc1. The van der Waals surface area contributed by atoms with Crippen molar-refractivity contribution in [1.29, 1.82) is 0 Å². The van der Waals surface area contributed by atoms with Gasteiger partial charge in [0.15, 0.2) is 11.8 Å². The third-order valence-corrected chi connectivity index (χ3v) is 6.46. The van der Waals surface area contributed by atoms with Crippen LogP contribution in [0.5, 0.6) is 0 Å². The first-order valence-electron chi connectivity index (χ1n) is 12.3. The van der Waals surface area contributed by atoms with Gasteiger partial charge in [-0.3, -0.25) is 14.4 Å². The Kier molecular flexibility index (Phi) is 9.98. The van der Waals surface area contributed by atoms with Gasteiger partial charge < -0.3 is 25.2 Å². The molecule has 10 heteroatoms. The molecule has 2 unspecified atom stereocenters. The fourth-order valence-electron chi connectivity index (χ4n) is 3.81. The second-order valence-corrected chi connectivity index (χ2v) is 9.01. The lowest BCUT2D eigenvalue weighted by atomic mass is 9.96. The fraction of sp³-hybridized carbons (Fsp3) is 0.393. The van der Waals surface area contributed by atoms with Gasteiger partial charge in [0.05, 0.1) is 6.61 Å². The van der Waals surface area contributed by atoms with E-state index in [4.69, 9.17) is 14.7 Å². The maximum atomic E-state index is 13.3. The van der Waals surface area contributed by atoms with Gasteiger partial charge in [-0.15, -0.1) is 0 Å². The number of carbonyl (C=O) groups is 3. The van der Waals surface area contributed by atoms with E-state index in [1.165, 1.54) is 21.0 Å². The van der Waals surface area contributed by atoms with Crippen LogP contribution in [-0.4, -0.2) is 72.0 Å². The molecule has 2 aromatic rings. The molecule has 0 spiro atoms. The quantitative estimate of drug-likeness (QED) is 0.232. The molecule has 0 radical (unpaired) electrons. The first-order valence-corrected chi connectivity index (χ1v) is 12.3. The van der Waals surface area contributed by atoms with Crippen LogP contribution < -0.4 is 10.8 Å². The summed E-state index contributed by atoms with van der Waals surface area (Å²) in [6, 6.07) is 13.3. The molecule has 1 saturated heterocycles. The summed E-state index contributed by atoms with van der Waals surface area (Å²) in [5, 5.41) is 21.1. The fourth-order valence-corrected chi connectivity index (χ4v) is 3.81. The molecule has 38 heavy (non-hydrogen) atoms. The topological polar surface area (TPSA) is 137 Å². The zero-order valence-electron chi connectivity index (χ0n) is 21.7. The maximum absolute atomic E-state index is 13.3. The van der Waals surface area contributed by atoms with E-state index in [9.17, 15) is 19.5 Å². The lowest BCUT2D eigenvalue weighted by Crippen LogP contribution is -2.65. The monoisotopic (exact) mass is 523 g/mol. The van der Waals surface area contributed by atoms with Crippen LogP contribution in [0.1, 0.15) is 59.3 Å². The Morgan fingerprint density at radius 1 is 1.08 bits per heavy atom. The summed E-state index contributed by atoms with van der Waals surface area (Å²) in [5.41, 5.74) is 2.61. The van der Waals surface area contributed by atoms with Crippen molar-refractivity contribution in [2.24, 2.45) is 0 Å². The minimum Gasteiger partial charge on any atom is -0.393 e. The van der Waals surface area contributed by atoms with E-state index in [2.05, 4.69) is 22.6 Å². The number of nitrogens with zero attached hydrogens (tertiary/aromatic N) is 1. The Hall–Kier alpha value is -3.75. The molecule has 10 nitrogen and oxygen atoms in total. The van der Waals surface area contributed by atoms with Crippen LogP contribution in [0.2, 0.25) is 0 Å². The van der Waals surface area contributed by atoms with Gasteiger partial charge in [0, 0.05) is 43.8 Å². The molecule has 1 aliphatic rings. The van der Waals surface area contributed by atoms with Crippen LogP contribution >= 0.6 is 0 Å². The third kappa shape index (κ3) is 6.76. The van der Waals surface area contributed by atoms with Gasteiger partial charge in [-0.2, -0.15) is 0 Å². The molecule has 0 aliphatic carbocycles. The second-order valence-electron chi connectivity index (χ2n) is 9.01. The van der Waals surface area contributed by atoms with Gasteiger partial charge >= 0.3 is 0 Å². The normalized spacial score (nSPS) is 17.2. The number of aliphatic hydroxyl groups is 2. The van der Waals surface area contributed by atoms with Crippen molar-refractivity contribution in [2.45, 2.75) is 44.1 Å². The summed E-state index contributed by atoms with van der Waals surface area (Å²) >= 11 is 0. The molecule has 1 heterocycles. The van der Waals surface area contributed by atoms with Crippen molar-refractivity contribution in [2.75, 3.05) is 27.3 Å². The van der Waals surface area contributed by atoms with Crippen LogP contribution in [0.15, 0.2) is 48.5 Å². The van der Waals surface area contributed by atoms with Crippen LogP contribution in [0, 0.1) is 11.8 Å². The molecule has 1 fully saturated rings. The average molecular weight is 524 g/mol. The predicted molar refractivity (Wildman–Crippen MR) is 138 cm³/mol. The number of carbonyl (C=O) groups excluding carboxylic acids is 3. The van der Waals surface area contributed by atoms with Crippen molar-refractivity contribution in [3.05, 3.63) is 70.8 Å². The number of likely N-dealkylation sites (N-methyl/N-ethyl adjacent to an activating group) is 2. The number of hydroxylamine groups is 1. The van der Waals surface area contributed by atoms with E-state index in [-0.39, 0.29) is 12.2 Å². The average Bonchev–Trinajstić information content (AvgIpc) is 2.97. The first kappa shape index (κ1) is 28.8. The Morgan fingerprint density at radius 3 is 2.21 bits per heavy atom. The van der Waals surface area contributed by atoms with E-state index >= 15 is 0 Å². The van der Waals surface area contributed by atoms with Crippen LogP contribution in [-0.2, 0) is 19.2 Å². The molecule has 1 aliphatic heterocycles. The number of rotatable bonds is 8. The minimum atomic E-state index is -1.89. The lowest BCUT2D eigenvalue weighted by Gasteiger charge is -2.36. The highest BCUT2D eigenvalue weighted by Crippen LogP contribution is 2.20. The Labute approximate surface area is 221 Å². The molecule has 3 atom stereocenters. The largest absolute Gasteiger partial charge is 0.393 e. The van der Waals surface area contributed by atoms with Crippen molar-refractivity contribution in [3.63, 3.8) is 0 Å². The summed E-state index contributed by atoms with van der Waals surface area (Å²) in [6.45, 7) is 1.50. The molecular formula is C28H33N3O7. The van der Waals surface area contributed by atoms with Gasteiger partial charge in [0.25, 0.3) is 17.7 Å². The van der Waals surface area contributed by atoms with E-state index in [1.807, 2.05) is 0 Å². The standard InChI is InChI=1S/C28H33N3O7/c1-28(26(35)29-2,27(36)30-38-24-6-4-5-17-37-24)31(3)25(34)22-15-11-20(12-16-22)8-7-19-9-13-21(14-10-19)23(33)18-32/h9-16,23-24,32-33H,4-6,17-18H2,1-3H3,(H,29,35)(H,30,36)/t23-,24?,28?/m1/s1. The highest BCUT2D eigenvalue weighted by atomic mass is 16.8. The molecule has 4 N–H and O–H groups in total. The van der Waals surface area contributed by atoms with Crippen molar-refractivity contribution in [3.8, 4) is 11.8 Å². The van der Waals surface area contributed by atoms with Crippen LogP contribution in [0.3, 0.4) is 0 Å². The van der Waals surface area contributed by atoms with Gasteiger partial charge in [-0.25, -0.2) is 10.3 Å². The van der Waals surface area contributed by atoms with Crippen molar-refractivity contribution >= 4 is 17.7 Å². The van der Waals surface area contributed by atoms with E-state index in [1.54, 1.807) is 48.5 Å². The second kappa shape index (κ2) is 13.2. The van der Waals surface area contributed by atoms with Crippen LogP contribution in [0.4, 0.5) is 0 Å². The summed E-state index contributed by atoms with van der Waals surface area (Å²) in [7, 11) is 2.76. The molecular weight excluding hydrogens is 490 g/mol. The Bertz CT molecular complexity index is 1180. The van der Waals surface area contributed by atoms with Crippen LogP contribution in [0.25, 0.3) is 0 Å². The minimum absolute atomic E-state index is 0.264. The molecule has 202 valence electrons. The zero-order valence-corrected chi connectivity index (χ0v) is 21.7. The number of aliphatic hydroxyl groups excluding tert-OH is 2. The summed E-state index contributed by atoms with van der Waals surface area (Å²) in [5.74, 6) is 3.97. The van der Waals surface area contributed by atoms with E-state index in [0.717, 1.165) is 17.7 Å². The molecule has 3 amide bonds. The highest BCUT2D eigenvalue weighted by Gasteiger charge is 2.47. The summed E-state index contributed by atoms with van der Waals surface area (Å²) in [4.78, 5) is 45.5. The number of amides is 3. The molecule has 0 aromatic heterocycles. The number of hydrogen-bond acceptors (Lipinski definition) is 7. The molecule has 2 aromatic carbocycles. The molecule has 3 rings (SSSR count). The summed E-state index contributed by atoms with van der Waals surface area (Å²) < 4.78 is 5.44. The Balaban J connectivity index is 1.71. The van der Waals surface area contributed by atoms with Crippen molar-refractivity contribution in [1.82, 2.24) is 15.7 Å². The number of hydrogen-bond donors (Lipinski definition) is 4. The van der Waals surface area contributed by atoms with Gasteiger partial charge in [0.2, 0.25) is 0 Å². The third-order valence-electron chi connectivity index (χ3n) is 6.46. The predicted octanol–water partition coefficient (Wildman–Crippen LogP) is 1.26. The van der Waals surface area contributed by atoms with Crippen molar-refractivity contribution < 1.29 is 34.2 Å². The Morgan fingerprint density at radius 2 is 1.68 bits per heavy atom. The maximum Gasteiger partial charge on any atom is 0.279 e. The number of ether oxygens (including phenoxy) is 1. The number of benzene rings is 2. The van der Waals surface area contributed by atoms with Gasteiger partial charge in [-0.1, -0.05) is 24.0 Å². The molecule has 0 bridgehead atoms. The number of nitrogens with one attached hydrogen (secondary N) is 2. The lowest BCUT2D eigenvalue weighted by molar-refractivity contribution is -0.204. The molecule has 0 saturated carbocycles. The highest BCUT2D eigenvalue weighted by molar-refractivity contribution is 6.12.